The van der Waals surface area contributed by atoms with Gasteiger partial charge in [0.2, 0.25) is 0 Å². The minimum Gasteiger partial charge on any atom is -0.384 e. The normalized spacial score (nSPS) is 12.0. The van der Waals surface area contributed by atoms with Gasteiger partial charge in [0.15, 0.2) is 0 Å². The van der Waals surface area contributed by atoms with Crippen LogP contribution >= 0.6 is 0 Å². The number of hydrogen-bond acceptors (Lipinski definition) is 3. The maximum absolute atomic E-state index is 12.3. The number of carbonyl (C=O) groups excluding carboxylic acids is 1. The van der Waals surface area contributed by atoms with Crippen molar-refractivity contribution in [2.24, 2.45) is 0 Å². The molecule has 20 heavy (non-hydrogen) atoms. The number of anilines is 1. The van der Waals surface area contributed by atoms with Crippen LogP contribution < -0.4 is 10.6 Å². The summed E-state index contributed by atoms with van der Waals surface area (Å²) in [5.41, 5.74) is 2.66. The Bertz CT molecular complexity index is 432. The first-order chi connectivity index (χ1) is 9.58. The van der Waals surface area contributed by atoms with Gasteiger partial charge in [-0.05, 0) is 39.3 Å². The van der Waals surface area contributed by atoms with E-state index < -0.39 is 0 Å². The van der Waals surface area contributed by atoms with Crippen LogP contribution in [0.4, 0.5) is 5.69 Å². The highest BCUT2D eigenvalue weighted by atomic mass is 16.5. The van der Waals surface area contributed by atoms with E-state index in [1.54, 1.807) is 0 Å². The summed E-state index contributed by atoms with van der Waals surface area (Å²) in [5, 5.41) is 6.27. The minimum absolute atomic E-state index is 0.00184. The molecule has 0 aromatic heterocycles. The van der Waals surface area contributed by atoms with E-state index in [0.717, 1.165) is 24.2 Å². The second kappa shape index (κ2) is 8.59. The van der Waals surface area contributed by atoms with Crippen LogP contribution in [0.5, 0.6) is 0 Å². The van der Waals surface area contributed by atoms with Gasteiger partial charge in [0.05, 0.1) is 12.2 Å². The third-order valence-electron chi connectivity index (χ3n) is 2.93. The lowest BCUT2D eigenvalue weighted by atomic mass is 10.1. The Kier molecular flexibility index (Phi) is 7.09. The molecule has 0 aliphatic carbocycles. The van der Waals surface area contributed by atoms with Crippen molar-refractivity contribution in [3.05, 3.63) is 29.3 Å². The molecule has 0 bridgehead atoms. The highest BCUT2D eigenvalue weighted by Gasteiger charge is 2.14. The molecular formula is C16H26N2O2. The van der Waals surface area contributed by atoms with E-state index in [1.165, 1.54) is 0 Å². The van der Waals surface area contributed by atoms with Gasteiger partial charge in [0.25, 0.3) is 5.91 Å². The molecule has 0 fully saturated rings. The topological polar surface area (TPSA) is 50.4 Å². The largest absolute Gasteiger partial charge is 0.384 e. The van der Waals surface area contributed by atoms with E-state index in [-0.39, 0.29) is 11.9 Å². The minimum atomic E-state index is -0.0560. The lowest BCUT2D eigenvalue weighted by Crippen LogP contribution is -2.36. The molecule has 4 nitrogen and oxygen atoms in total. The summed E-state index contributed by atoms with van der Waals surface area (Å²) in [6.07, 6.45) is 1.02. The van der Waals surface area contributed by atoms with E-state index in [4.69, 9.17) is 4.74 Å². The summed E-state index contributed by atoms with van der Waals surface area (Å²) in [6.45, 7) is 10.0. The Balaban J connectivity index is 2.76. The third kappa shape index (κ3) is 5.21. The molecule has 0 saturated heterocycles. The van der Waals surface area contributed by atoms with Crippen molar-refractivity contribution in [3.63, 3.8) is 0 Å². The summed E-state index contributed by atoms with van der Waals surface area (Å²) in [4.78, 5) is 12.3. The highest BCUT2D eigenvalue weighted by Crippen LogP contribution is 2.17. The van der Waals surface area contributed by atoms with Crippen molar-refractivity contribution in [2.45, 2.75) is 40.2 Å². The van der Waals surface area contributed by atoms with E-state index in [1.807, 2.05) is 39.0 Å². The summed E-state index contributed by atoms with van der Waals surface area (Å²) < 4.78 is 5.32. The maximum atomic E-state index is 12.3. The second-order valence-electron chi connectivity index (χ2n) is 5.01. The summed E-state index contributed by atoms with van der Waals surface area (Å²) in [5.74, 6) is -0.0560. The molecule has 1 amide bonds. The zero-order chi connectivity index (χ0) is 15.0. The molecule has 0 saturated carbocycles. The Morgan fingerprint density at radius 2 is 2.10 bits per heavy atom. The number of rotatable bonds is 8. The first-order valence-corrected chi connectivity index (χ1v) is 7.31. The molecule has 0 heterocycles. The molecule has 4 heteroatoms. The lowest BCUT2D eigenvalue weighted by Gasteiger charge is -2.16. The van der Waals surface area contributed by atoms with Crippen molar-refractivity contribution in [1.29, 1.82) is 0 Å². The van der Waals surface area contributed by atoms with Gasteiger partial charge >= 0.3 is 0 Å². The average Bonchev–Trinajstić information content (AvgIpc) is 2.43. The summed E-state index contributed by atoms with van der Waals surface area (Å²) in [6, 6.07) is 5.90. The molecule has 1 unspecified atom stereocenters. The lowest BCUT2D eigenvalue weighted by molar-refractivity contribution is 0.0872. The van der Waals surface area contributed by atoms with E-state index in [0.29, 0.717) is 18.8 Å². The van der Waals surface area contributed by atoms with Gasteiger partial charge in [-0.15, -0.1) is 0 Å². The molecule has 1 atom stereocenters. The first-order valence-electron chi connectivity index (χ1n) is 7.31. The van der Waals surface area contributed by atoms with Gasteiger partial charge in [-0.3, -0.25) is 4.79 Å². The fraction of sp³-hybridized carbons (Fsp3) is 0.562. The smallest absolute Gasteiger partial charge is 0.253 e. The number of hydrogen-bond donors (Lipinski definition) is 2. The first kappa shape index (κ1) is 16.5. The molecule has 1 rings (SSSR count). The quantitative estimate of drug-likeness (QED) is 0.768. The van der Waals surface area contributed by atoms with E-state index >= 15 is 0 Å². The SMILES string of the molecule is CCCNc1ccc(C)cc1C(=O)NC(C)COCC. The van der Waals surface area contributed by atoms with Gasteiger partial charge in [0, 0.05) is 24.9 Å². The summed E-state index contributed by atoms with van der Waals surface area (Å²) >= 11 is 0. The highest BCUT2D eigenvalue weighted by molar-refractivity contribution is 6.00. The van der Waals surface area contributed by atoms with Crippen LogP contribution in [0.3, 0.4) is 0 Å². The number of aryl methyl sites for hydroxylation is 1. The number of benzene rings is 1. The Morgan fingerprint density at radius 3 is 2.75 bits per heavy atom. The standard InChI is InChI=1S/C16H26N2O2/c1-5-9-17-15-8-7-12(3)10-14(15)16(19)18-13(4)11-20-6-2/h7-8,10,13,17H,5-6,9,11H2,1-4H3,(H,18,19). The van der Waals surface area contributed by atoms with Crippen LogP contribution in [0.1, 0.15) is 43.1 Å². The molecular weight excluding hydrogens is 252 g/mol. The fourth-order valence-electron chi connectivity index (χ4n) is 1.90. The fourth-order valence-corrected chi connectivity index (χ4v) is 1.90. The molecule has 1 aromatic carbocycles. The van der Waals surface area contributed by atoms with Crippen LogP contribution in [-0.2, 0) is 4.74 Å². The van der Waals surface area contributed by atoms with Crippen LogP contribution in [0, 0.1) is 6.92 Å². The zero-order valence-corrected chi connectivity index (χ0v) is 13.0. The molecule has 0 aliphatic rings. The van der Waals surface area contributed by atoms with Gasteiger partial charge in [0.1, 0.15) is 0 Å². The van der Waals surface area contributed by atoms with Gasteiger partial charge in [-0.1, -0.05) is 18.6 Å². The zero-order valence-electron chi connectivity index (χ0n) is 13.0. The molecule has 0 aliphatic heterocycles. The van der Waals surface area contributed by atoms with Gasteiger partial charge in [-0.25, -0.2) is 0 Å². The number of ether oxygens (including phenoxy) is 1. The van der Waals surface area contributed by atoms with Crippen LogP contribution in [-0.4, -0.2) is 31.7 Å². The number of carbonyl (C=O) groups is 1. The van der Waals surface area contributed by atoms with E-state index in [2.05, 4.69) is 17.6 Å². The summed E-state index contributed by atoms with van der Waals surface area (Å²) in [7, 11) is 0. The molecule has 112 valence electrons. The Labute approximate surface area is 121 Å². The van der Waals surface area contributed by atoms with Crippen molar-refractivity contribution in [3.8, 4) is 0 Å². The third-order valence-corrected chi connectivity index (χ3v) is 2.93. The van der Waals surface area contributed by atoms with Crippen LogP contribution in [0.15, 0.2) is 18.2 Å². The molecule has 0 radical (unpaired) electrons. The molecule has 2 N–H and O–H groups in total. The van der Waals surface area contributed by atoms with Crippen LogP contribution in [0.25, 0.3) is 0 Å². The number of nitrogens with one attached hydrogen (secondary N) is 2. The monoisotopic (exact) mass is 278 g/mol. The molecule has 0 spiro atoms. The van der Waals surface area contributed by atoms with Crippen molar-refractivity contribution in [2.75, 3.05) is 25.1 Å². The maximum Gasteiger partial charge on any atom is 0.253 e. The van der Waals surface area contributed by atoms with Crippen molar-refractivity contribution >= 4 is 11.6 Å². The Morgan fingerprint density at radius 1 is 1.35 bits per heavy atom. The van der Waals surface area contributed by atoms with E-state index in [9.17, 15) is 4.79 Å². The van der Waals surface area contributed by atoms with Crippen molar-refractivity contribution < 1.29 is 9.53 Å². The van der Waals surface area contributed by atoms with Crippen molar-refractivity contribution in [1.82, 2.24) is 5.32 Å². The van der Waals surface area contributed by atoms with Gasteiger partial charge in [-0.2, -0.15) is 0 Å². The number of amides is 1. The molecule has 1 aromatic rings. The Hall–Kier alpha value is -1.55. The predicted octanol–water partition coefficient (Wildman–Crippen LogP) is 2.97. The second-order valence-corrected chi connectivity index (χ2v) is 5.01. The average molecular weight is 278 g/mol. The van der Waals surface area contributed by atoms with Crippen LogP contribution in [0.2, 0.25) is 0 Å². The van der Waals surface area contributed by atoms with Gasteiger partial charge < -0.3 is 15.4 Å². The predicted molar refractivity (Wildman–Crippen MR) is 83.4 cm³/mol.